The zero-order valence-corrected chi connectivity index (χ0v) is 14.5. The van der Waals surface area contributed by atoms with Gasteiger partial charge < -0.3 is 4.74 Å². The fourth-order valence-electron chi connectivity index (χ4n) is 2.63. The molecule has 8 heteroatoms. The van der Waals surface area contributed by atoms with Gasteiger partial charge in [-0.1, -0.05) is 29.8 Å². The van der Waals surface area contributed by atoms with E-state index in [9.17, 15) is 14.4 Å². The molecular formula is C17H14ClN3O4. The highest BCUT2D eigenvalue weighted by atomic mass is 35.5. The lowest BCUT2D eigenvalue weighted by Crippen LogP contribution is -2.38. The van der Waals surface area contributed by atoms with E-state index in [4.69, 9.17) is 16.3 Å². The molecule has 128 valence electrons. The number of aromatic nitrogens is 3. The molecule has 0 saturated heterocycles. The van der Waals surface area contributed by atoms with Crippen molar-refractivity contribution >= 4 is 28.6 Å². The Kier molecular flexibility index (Phi) is 4.18. The summed E-state index contributed by atoms with van der Waals surface area (Å²) >= 11 is 6.21. The van der Waals surface area contributed by atoms with Gasteiger partial charge in [0.05, 0.1) is 23.8 Å². The summed E-state index contributed by atoms with van der Waals surface area (Å²) < 4.78 is 6.93. The molecule has 0 atom stereocenters. The Balaban J connectivity index is 2.53. The van der Waals surface area contributed by atoms with Crippen molar-refractivity contribution in [2.24, 2.45) is 14.1 Å². The Morgan fingerprint density at radius 3 is 2.48 bits per heavy atom. The summed E-state index contributed by atoms with van der Waals surface area (Å²) in [6.45, 7) is 0. The Hall–Kier alpha value is -2.93. The van der Waals surface area contributed by atoms with Crippen molar-refractivity contribution in [2.45, 2.75) is 0 Å². The number of ether oxygens (including phenoxy) is 1. The van der Waals surface area contributed by atoms with Crippen LogP contribution in [0.15, 0.2) is 39.9 Å². The number of carbonyl (C=O) groups excluding carboxylic acids is 1. The fourth-order valence-corrected chi connectivity index (χ4v) is 2.87. The maximum Gasteiger partial charge on any atom is 0.338 e. The smallest absolute Gasteiger partial charge is 0.338 e. The summed E-state index contributed by atoms with van der Waals surface area (Å²) in [5, 5.41) is 0.450. The minimum atomic E-state index is -0.698. The molecule has 0 fully saturated rings. The highest BCUT2D eigenvalue weighted by molar-refractivity contribution is 6.33. The van der Waals surface area contributed by atoms with Gasteiger partial charge in [-0.25, -0.2) is 14.6 Å². The standard InChI is InChI=1S/C17H14ClN3O4/c1-20-14-13(15(22)21(2)17(20)24)10(16(23)25-3)8-12(19-14)9-6-4-5-7-11(9)18/h4-8H,1-3H3. The fraction of sp³-hybridized carbons (Fsp3) is 0.176. The van der Waals surface area contributed by atoms with Crippen molar-refractivity contribution in [3.05, 3.63) is 61.8 Å². The highest BCUT2D eigenvalue weighted by Gasteiger charge is 2.21. The van der Waals surface area contributed by atoms with Gasteiger partial charge in [0, 0.05) is 24.7 Å². The summed E-state index contributed by atoms with van der Waals surface area (Å²) in [4.78, 5) is 41.4. The average Bonchev–Trinajstić information content (AvgIpc) is 2.63. The van der Waals surface area contributed by atoms with Gasteiger partial charge in [0.1, 0.15) is 0 Å². The van der Waals surface area contributed by atoms with Gasteiger partial charge in [-0.15, -0.1) is 0 Å². The first-order chi connectivity index (χ1) is 11.9. The van der Waals surface area contributed by atoms with Crippen LogP contribution < -0.4 is 11.2 Å². The number of halogens is 1. The molecule has 1 aromatic carbocycles. The van der Waals surface area contributed by atoms with Crippen LogP contribution in [-0.4, -0.2) is 27.2 Å². The third kappa shape index (κ3) is 2.62. The third-order valence-electron chi connectivity index (χ3n) is 3.97. The number of hydrogen-bond acceptors (Lipinski definition) is 5. The molecule has 0 radical (unpaired) electrons. The first-order valence-electron chi connectivity index (χ1n) is 7.30. The first kappa shape index (κ1) is 16.9. The third-order valence-corrected chi connectivity index (χ3v) is 4.30. The van der Waals surface area contributed by atoms with Crippen LogP contribution in [0.1, 0.15) is 10.4 Å². The highest BCUT2D eigenvalue weighted by Crippen LogP contribution is 2.28. The van der Waals surface area contributed by atoms with Gasteiger partial charge in [-0.2, -0.15) is 0 Å². The van der Waals surface area contributed by atoms with Crippen LogP contribution in [0.5, 0.6) is 0 Å². The number of esters is 1. The Morgan fingerprint density at radius 2 is 1.84 bits per heavy atom. The van der Waals surface area contributed by atoms with E-state index < -0.39 is 17.2 Å². The quantitative estimate of drug-likeness (QED) is 0.651. The summed E-state index contributed by atoms with van der Waals surface area (Å²) in [7, 11) is 4.04. The first-order valence-corrected chi connectivity index (χ1v) is 7.68. The van der Waals surface area contributed by atoms with Crippen molar-refractivity contribution in [3.8, 4) is 11.3 Å². The lowest BCUT2D eigenvalue weighted by Gasteiger charge is -2.12. The Labute approximate surface area is 147 Å². The van der Waals surface area contributed by atoms with Gasteiger partial charge in [-0.05, 0) is 12.1 Å². The molecule has 0 unspecified atom stereocenters. The van der Waals surface area contributed by atoms with Gasteiger partial charge >= 0.3 is 11.7 Å². The molecule has 3 aromatic rings. The molecule has 2 heterocycles. The Bertz CT molecular complexity index is 1130. The summed E-state index contributed by atoms with van der Waals surface area (Å²) in [6.07, 6.45) is 0. The number of methoxy groups -OCH3 is 1. The van der Waals surface area contributed by atoms with Crippen molar-refractivity contribution in [2.75, 3.05) is 7.11 Å². The zero-order valence-electron chi connectivity index (χ0n) is 13.7. The number of benzene rings is 1. The van der Waals surface area contributed by atoms with Gasteiger partial charge in [0.15, 0.2) is 5.65 Å². The van der Waals surface area contributed by atoms with Crippen LogP contribution in [0.25, 0.3) is 22.3 Å². The predicted octanol–water partition coefficient (Wildman–Crippen LogP) is 1.74. The molecule has 25 heavy (non-hydrogen) atoms. The molecule has 0 saturated carbocycles. The van der Waals surface area contributed by atoms with Crippen LogP contribution in [0.3, 0.4) is 0 Å². The molecule has 7 nitrogen and oxygen atoms in total. The van der Waals surface area contributed by atoms with E-state index in [1.54, 1.807) is 24.3 Å². The van der Waals surface area contributed by atoms with E-state index in [0.29, 0.717) is 16.3 Å². The second-order valence-corrected chi connectivity index (χ2v) is 5.84. The lowest BCUT2D eigenvalue weighted by atomic mass is 10.1. The second kappa shape index (κ2) is 6.18. The van der Waals surface area contributed by atoms with Crippen LogP contribution in [-0.2, 0) is 18.8 Å². The zero-order chi connectivity index (χ0) is 18.3. The molecule has 0 N–H and O–H groups in total. The van der Waals surface area contributed by atoms with E-state index in [1.807, 2.05) is 0 Å². The molecule has 0 amide bonds. The molecule has 2 aromatic heterocycles. The molecule has 0 spiro atoms. The SMILES string of the molecule is COC(=O)c1cc(-c2ccccc2Cl)nc2c1c(=O)n(C)c(=O)n2C. The minimum Gasteiger partial charge on any atom is -0.465 e. The van der Waals surface area contributed by atoms with E-state index >= 15 is 0 Å². The number of fused-ring (bicyclic) bond motifs is 1. The van der Waals surface area contributed by atoms with Crippen molar-refractivity contribution < 1.29 is 9.53 Å². The van der Waals surface area contributed by atoms with E-state index in [1.165, 1.54) is 31.8 Å². The number of nitrogens with zero attached hydrogens (tertiary/aromatic N) is 3. The molecule has 0 aliphatic heterocycles. The van der Waals surface area contributed by atoms with E-state index in [2.05, 4.69) is 4.98 Å². The molecule has 0 bridgehead atoms. The lowest BCUT2D eigenvalue weighted by molar-refractivity contribution is 0.0603. The molecular weight excluding hydrogens is 346 g/mol. The van der Waals surface area contributed by atoms with Crippen molar-refractivity contribution in [3.63, 3.8) is 0 Å². The number of rotatable bonds is 2. The molecule has 3 rings (SSSR count). The summed E-state index contributed by atoms with van der Waals surface area (Å²) in [5.41, 5.74) is -0.107. The van der Waals surface area contributed by atoms with E-state index in [0.717, 1.165) is 4.57 Å². The molecule has 0 aliphatic carbocycles. The van der Waals surface area contributed by atoms with Crippen LogP contribution in [0, 0.1) is 0 Å². The van der Waals surface area contributed by atoms with E-state index in [-0.39, 0.29) is 16.6 Å². The molecule has 0 aliphatic rings. The maximum atomic E-state index is 12.5. The monoisotopic (exact) mass is 359 g/mol. The van der Waals surface area contributed by atoms with Crippen molar-refractivity contribution in [1.82, 2.24) is 14.1 Å². The number of pyridine rings is 1. The minimum absolute atomic E-state index is 0.0206. The van der Waals surface area contributed by atoms with Gasteiger partial charge in [-0.3, -0.25) is 13.9 Å². The van der Waals surface area contributed by atoms with Crippen LogP contribution in [0.2, 0.25) is 5.02 Å². The average molecular weight is 360 g/mol. The van der Waals surface area contributed by atoms with Crippen LogP contribution >= 0.6 is 11.6 Å². The number of hydrogen-bond donors (Lipinski definition) is 0. The van der Waals surface area contributed by atoms with Crippen molar-refractivity contribution in [1.29, 1.82) is 0 Å². The largest absolute Gasteiger partial charge is 0.465 e. The maximum absolute atomic E-state index is 12.5. The van der Waals surface area contributed by atoms with Gasteiger partial charge in [0.25, 0.3) is 5.56 Å². The Morgan fingerprint density at radius 1 is 1.16 bits per heavy atom. The number of carbonyl (C=O) groups is 1. The topological polar surface area (TPSA) is 83.2 Å². The second-order valence-electron chi connectivity index (χ2n) is 5.43. The summed E-state index contributed by atoms with van der Waals surface area (Å²) in [5.74, 6) is -0.698. The normalized spacial score (nSPS) is 10.9. The summed E-state index contributed by atoms with van der Waals surface area (Å²) in [6, 6.07) is 8.40. The van der Waals surface area contributed by atoms with Crippen LogP contribution in [0.4, 0.5) is 0 Å². The number of aryl methyl sites for hydroxylation is 1. The van der Waals surface area contributed by atoms with Gasteiger partial charge in [0.2, 0.25) is 0 Å². The predicted molar refractivity (Wildman–Crippen MR) is 94.0 cm³/mol.